The van der Waals surface area contributed by atoms with Crippen molar-refractivity contribution in [3.05, 3.63) is 99.6 Å². The Morgan fingerprint density at radius 2 is 1.61 bits per heavy atom. The van der Waals surface area contributed by atoms with E-state index >= 15 is 0 Å². The Labute approximate surface area is 190 Å². The van der Waals surface area contributed by atoms with Crippen LogP contribution in [0, 0.1) is 17.0 Å². The van der Waals surface area contributed by atoms with Crippen molar-refractivity contribution in [3.63, 3.8) is 0 Å². The summed E-state index contributed by atoms with van der Waals surface area (Å²) < 4.78 is 32.0. The van der Waals surface area contributed by atoms with Crippen molar-refractivity contribution < 1.29 is 27.7 Å². The average Bonchev–Trinajstić information content (AvgIpc) is 2.82. The number of carbonyl (C=O) groups excluding carboxylic acids is 2. The summed E-state index contributed by atoms with van der Waals surface area (Å²) in [6.07, 6.45) is -0.634. The zero-order valence-corrected chi connectivity index (χ0v) is 18.7. The first-order chi connectivity index (χ1) is 15.6. The number of ether oxygens (including phenoxy) is 1. The lowest BCUT2D eigenvalue weighted by Gasteiger charge is -2.17. The number of non-ortho nitro benzene ring substituents is 1. The number of hydrogen-bond acceptors (Lipinski definition) is 7. The van der Waals surface area contributed by atoms with Gasteiger partial charge in [-0.15, -0.1) is 0 Å². The lowest BCUT2D eigenvalue weighted by molar-refractivity contribution is -0.384. The quantitative estimate of drug-likeness (QED) is 0.262. The number of benzene rings is 3. The van der Waals surface area contributed by atoms with Crippen LogP contribution >= 0.6 is 0 Å². The fraction of sp³-hybridized carbons (Fsp3) is 0.167. The molecule has 0 fully saturated rings. The topological polar surface area (TPSA) is 121 Å². The van der Waals surface area contributed by atoms with E-state index in [2.05, 4.69) is 0 Å². The van der Waals surface area contributed by atoms with Crippen LogP contribution in [0.5, 0.6) is 5.75 Å². The molecule has 3 aromatic carbocycles. The number of ketones is 2. The summed E-state index contributed by atoms with van der Waals surface area (Å²) in [5, 5.41) is 9.37. The van der Waals surface area contributed by atoms with Gasteiger partial charge in [0.1, 0.15) is 11.0 Å². The Bertz CT molecular complexity index is 1310. The molecule has 0 bridgehead atoms. The van der Waals surface area contributed by atoms with Gasteiger partial charge in [0.2, 0.25) is 0 Å². The molecule has 0 saturated carbocycles. The molecule has 0 aromatic heterocycles. The Morgan fingerprint density at radius 3 is 2.24 bits per heavy atom. The van der Waals surface area contributed by atoms with Crippen LogP contribution in [0.3, 0.4) is 0 Å². The van der Waals surface area contributed by atoms with E-state index in [0.29, 0.717) is 5.75 Å². The standard InChI is InChI=1S/C24H21NO7S/c1-16-9-11-21(12-10-16)33(30,31)23(15-22(26)17-5-4-8-20(14-17)32-2)24(27)18-6-3-7-19(13-18)25(28)29/h3-14,23H,15H2,1-2H3/t23-/m0/s1. The van der Waals surface area contributed by atoms with Crippen LogP contribution in [0.4, 0.5) is 5.69 Å². The van der Waals surface area contributed by atoms with Crippen molar-refractivity contribution in [1.82, 2.24) is 0 Å². The third-order valence-electron chi connectivity index (χ3n) is 5.12. The predicted molar refractivity (Wildman–Crippen MR) is 122 cm³/mol. The van der Waals surface area contributed by atoms with Gasteiger partial charge in [-0.3, -0.25) is 19.7 Å². The summed E-state index contributed by atoms with van der Waals surface area (Å²) >= 11 is 0. The van der Waals surface area contributed by atoms with Gasteiger partial charge in [-0.05, 0) is 31.2 Å². The van der Waals surface area contributed by atoms with Gasteiger partial charge >= 0.3 is 0 Å². The number of rotatable bonds is 9. The zero-order chi connectivity index (χ0) is 24.2. The van der Waals surface area contributed by atoms with Gasteiger partial charge in [-0.25, -0.2) is 8.42 Å². The van der Waals surface area contributed by atoms with Crippen LogP contribution in [-0.2, 0) is 9.84 Å². The maximum absolute atomic E-state index is 13.4. The van der Waals surface area contributed by atoms with Gasteiger partial charge in [-0.1, -0.05) is 42.0 Å². The number of hydrogen-bond donors (Lipinski definition) is 0. The molecule has 0 saturated heterocycles. The number of Topliss-reactive ketones (excluding diaryl/α,β-unsaturated/α-hetero) is 2. The maximum Gasteiger partial charge on any atom is 0.270 e. The Balaban J connectivity index is 2.06. The molecule has 0 aliphatic rings. The molecule has 0 heterocycles. The van der Waals surface area contributed by atoms with Crippen LogP contribution in [0.2, 0.25) is 0 Å². The van der Waals surface area contributed by atoms with E-state index in [1.165, 1.54) is 49.6 Å². The molecule has 8 nitrogen and oxygen atoms in total. The molecule has 33 heavy (non-hydrogen) atoms. The van der Waals surface area contributed by atoms with Gasteiger partial charge < -0.3 is 4.74 Å². The maximum atomic E-state index is 13.4. The third kappa shape index (κ3) is 5.32. The predicted octanol–water partition coefficient (Wildman–Crippen LogP) is 4.21. The monoisotopic (exact) mass is 467 g/mol. The largest absolute Gasteiger partial charge is 0.497 e. The smallest absolute Gasteiger partial charge is 0.270 e. The second-order valence-electron chi connectivity index (χ2n) is 7.38. The summed E-state index contributed by atoms with van der Waals surface area (Å²) in [4.78, 5) is 36.6. The first-order valence-electron chi connectivity index (χ1n) is 9.90. The fourth-order valence-corrected chi connectivity index (χ4v) is 4.91. The number of sulfone groups is 1. The number of carbonyl (C=O) groups is 2. The molecule has 170 valence electrons. The summed E-state index contributed by atoms with van der Waals surface area (Å²) in [7, 11) is -2.86. The average molecular weight is 467 g/mol. The van der Waals surface area contributed by atoms with E-state index in [4.69, 9.17) is 4.74 Å². The van der Waals surface area contributed by atoms with Crippen LogP contribution in [0.15, 0.2) is 77.7 Å². The SMILES string of the molecule is COc1cccc(C(=O)C[C@@H](C(=O)c2cccc([N+](=O)[O-])c2)S(=O)(=O)c2ccc(C)cc2)c1. The molecule has 3 aromatic rings. The van der Waals surface area contributed by atoms with E-state index in [1.807, 2.05) is 0 Å². The molecular weight excluding hydrogens is 446 g/mol. The number of aryl methyl sites for hydroxylation is 1. The van der Waals surface area contributed by atoms with Crippen LogP contribution < -0.4 is 4.74 Å². The highest BCUT2D eigenvalue weighted by molar-refractivity contribution is 7.92. The van der Waals surface area contributed by atoms with Gasteiger partial charge in [0.25, 0.3) is 5.69 Å². The highest BCUT2D eigenvalue weighted by atomic mass is 32.2. The van der Waals surface area contributed by atoms with Crippen LogP contribution in [0.1, 0.15) is 32.7 Å². The van der Waals surface area contributed by atoms with Crippen LogP contribution in [-0.4, -0.2) is 37.3 Å². The van der Waals surface area contributed by atoms with Crippen molar-refractivity contribution >= 4 is 27.1 Å². The molecule has 1 atom stereocenters. The molecule has 0 aliphatic carbocycles. The second kappa shape index (κ2) is 9.74. The lowest BCUT2D eigenvalue weighted by Crippen LogP contribution is -2.33. The van der Waals surface area contributed by atoms with Gasteiger partial charge in [0, 0.05) is 29.7 Å². The highest BCUT2D eigenvalue weighted by Crippen LogP contribution is 2.26. The Hall–Kier alpha value is -3.85. The highest BCUT2D eigenvalue weighted by Gasteiger charge is 2.37. The Morgan fingerprint density at radius 1 is 0.970 bits per heavy atom. The fourth-order valence-electron chi connectivity index (χ4n) is 3.28. The van der Waals surface area contributed by atoms with Crippen molar-refractivity contribution in [3.8, 4) is 5.75 Å². The minimum Gasteiger partial charge on any atom is -0.497 e. The van der Waals surface area contributed by atoms with Gasteiger partial charge in [0.15, 0.2) is 21.4 Å². The van der Waals surface area contributed by atoms with E-state index in [9.17, 15) is 28.1 Å². The van der Waals surface area contributed by atoms with Crippen molar-refractivity contribution in [2.24, 2.45) is 0 Å². The van der Waals surface area contributed by atoms with E-state index in [0.717, 1.165) is 11.6 Å². The lowest BCUT2D eigenvalue weighted by atomic mass is 10.0. The first-order valence-corrected chi connectivity index (χ1v) is 11.4. The number of nitro groups is 1. The zero-order valence-electron chi connectivity index (χ0n) is 17.9. The summed E-state index contributed by atoms with van der Waals surface area (Å²) in [6, 6.07) is 16.9. The number of nitro benzene ring substituents is 1. The molecule has 0 radical (unpaired) electrons. The molecule has 0 spiro atoms. The molecule has 3 rings (SSSR count). The van der Waals surface area contributed by atoms with E-state index < -0.39 is 38.0 Å². The summed E-state index contributed by atoms with van der Waals surface area (Å²) in [6.45, 7) is 1.79. The normalized spacial score (nSPS) is 12.1. The first kappa shape index (κ1) is 23.8. The van der Waals surface area contributed by atoms with Crippen molar-refractivity contribution in [1.29, 1.82) is 0 Å². The molecule has 0 unspecified atom stereocenters. The van der Waals surface area contributed by atoms with Gasteiger partial charge in [-0.2, -0.15) is 0 Å². The van der Waals surface area contributed by atoms with E-state index in [1.54, 1.807) is 31.2 Å². The molecule has 9 heteroatoms. The number of nitrogens with zero attached hydrogens (tertiary/aromatic N) is 1. The molecule has 0 aliphatic heterocycles. The Kier molecular flexibility index (Phi) is 7.03. The van der Waals surface area contributed by atoms with E-state index in [-0.39, 0.29) is 21.7 Å². The van der Waals surface area contributed by atoms with Crippen LogP contribution in [0.25, 0.3) is 0 Å². The molecule has 0 amide bonds. The van der Waals surface area contributed by atoms with Crippen molar-refractivity contribution in [2.45, 2.75) is 23.5 Å². The third-order valence-corrected chi connectivity index (χ3v) is 7.18. The second-order valence-corrected chi connectivity index (χ2v) is 9.51. The minimum absolute atomic E-state index is 0.115. The molecular formula is C24H21NO7S. The number of methoxy groups -OCH3 is 1. The van der Waals surface area contributed by atoms with Gasteiger partial charge in [0.05, 0.1) is 16.9 Å². The summed E-state index contributed by atoms with van der Waals surface area (Å²) in [5.41, 5.74) is 0.489. The van der Waals surface area contributed by atoms with Crippen molar-refractivity contribution in [2.75, 3.05) is 7.11 Å². The minimum atomic E-state index is -4.29. The molecule has 0 N–H and O–H groups in total. The summed E-state index contributed by atoms with van der Waals surface area (Å²) in [5.74, 6) is -1.06.